The van der Waals surface area contributed by atoms with E-state index in [0.717, 1.165) is 18.4 Å². The molecule has 0 heterocycles. The fourth-order valence-corrected chi connectivity index (χ4v) is 4.25. The molecule has 0 aliphatic carbocycles. The first kappa shape index (κ1) is 19.1. The molecule has 0 aliphatic heterocycles. The van der Waals surface area contributed by atoms with Crippen LogP contribution in [0.5, 0.6) is 0 Å². The second kappa shape index (κ2) is 9.95. The first-order chi connectivity index (χ1) is 10.7. The van der Waals surface area contributed by atoms with Crippen LogP contribution in [0.4, 0.5) is 0 Å². The lowest BCUT2D eigenvalue weighted by Gasteiger charge is -2.33. The molecule has 0 amide bonds. The summed E-state index contributed by atoms with van der Waals surface area (Å²) in [4.78, 5) is 0. The van der Waals surface area contributed by atoms with E-state index in [2.05, 4.69) is 32.6 Å². The predicted molar refractivity (Wildman–Crippen MR) is 95.5 cm³/mol. The van der Waals surface area contributed by atoms with E-state index in [0.29, 0.717) is 13.2 Å². The molecule has 0 radical (unpaired) electrons. The molecular formula is C18H30O3Si. The maximum absolute atomic E-state index is 6.32. The number of hydrogen-bond acceptors (Lipinski definition) is 3. The van der Waals surface area contributed by atoms with Crippen molar-refractivity contribution >= 4 is 15.8 Å². The second-order valence-corrected chi connectivity index (χ2v) is 6.87. The van der Waals surface area contributed by atoms with Gasteiger partial charge < -0.3 is 13.9 Å². The largest absolute Gasteiger partial charge is 0.411 e. The number of rotatable bonds is 11. The first-order valence-electron chi connectivity index (χ1n) is 8.27. The summed E-state index contributed by atoms with van der Waals surface area (Å²) in [7, 11) is -1.01. The summed E-state index contributed by atoms with van der Waals surface area (Å²) in [5, 5.41) is 0. The second-order valence-electron chi connectivity index (χ2n) is 5.17. The van der Waals surface area contributed by atoms with E-state index >= 15 is 0 Å². The molecule has 1 aromatic rings. The Hall–Kier alpha value is -0.943. The molecule has 1 rings (SSSR count). The van der Waals surface area contributed by atoms with Gasteiger partial charge >= 0.3 is 0 Å². The summed E-state index contributed by atoms with van der Waals surface area (Å²) in [5.74, 6) is 0. The minimum absolute atomic E-state index is 0.0766. The van der Waals surface area contributed by atoms with Crippen molar-refractivity contribution in [3.63, 3.8) is 0 Å². The average molecular weight is 323 g/mol. The molecule has 4 heteroatoms. The summed E-state index contributed by atoms with van der Waals surface area (Å²) in [6.07, 6.45) is 3.71. The Morgan fingerprint density at radius 2 is 1.77 bits per heavy atom. The molecule has 0 N–H and O–H groups in total. The topological polar surface area (TPSA) is 27.7 Å². The molecule has 0 bridgehead atoms. The molecule has 0 aromatic heterocycles. The zero-order chi connectivity index (χ0) is 16.4. The van der Waals surface area contributed by atoms with Gasteiger partial charge in [-0.05, 0) is 37.8 Å². The normalized spacial score (nSPS) is 13.6. The highest BCUT2D eigenvalue weighted by molar-refractivity contribution is 6.31. The lowest BCUT2D eigenvalue weighted by molar-refractivity contribution is -0.184. The maximum atomic E-state index is 6.32. The van der Waals surface area contributed by atoms with Gasteiger partial charge in [0, 0.05) is 13.2 Å². The monoisotopic (exact) mass is 322 g/mol. The van der Waals surface area contributed by atoms with E-state index in [4.69, 9.17) is 13.9 Å². The maximum Gasteiger partial charge on any atom is 0.228 e. The zero-order valence-electron chi connectivity index (χ0n) is 14.4. The van der Waals surface area contributed by atoms with Gasteiger partial charge in [0.05, 0.1) is 6.10 Å². The van der Waals surface area contributed by atoms with Crippen LogP contribution < -0.4 is 0 Å². The van der Waals surface area contributed by atoms with Crippen LogP contribution >= 0.6 is 0 Å². The Balaban J connectivity index is 2.86. The molecule has 0 aliphatic rings. The molecule has 1 aromatic carbocycles. The van der Waals surface area contributed by atoms with Crippen molar-refractivity contribution in [3.8, 4) is 0 Å². The summed E-state index contributed by atoms with van der Waals surface area (Å²) >= 11 is 0. The third-order valence-corrected chi connectivity index (χ3v) is 5.71. The molecule has 0 fully saturated rings. The molecule has 124 valence electrons. The Kier molecular flexibility index (Phi) is 8.64. The van der Waals surface area contributed by atoms with E-state index in [1.807, 2.05) is 32.1 Å². The van der Waals surface area contributed by atoms with Gasteiger partial charge in [0.2, 0.25) is 9.76 Å². The molecule has 22 heavy (non-hydrogen) atoms. The smallest absolute Gasteiger partial charge is 0.228 e. The third kappa shape index (κ3) is 5.06. The van der Waals surface area contributed by atoms with Gasteiger partial charge in [-0.1, -0.05) is 50.8 Å². The molecule has 3 nitrogen and oxygen atoms in total. The van der Waals surface area contributed by atoms with Crippen LogP contribution in [0.25, 0.3) is 6.08 Å². The van der Waals surface area contributed by atoms with Crippen LogP contribution in [0.15, 0.2) is 30.8 Å². The Morgan fingerprint density at radius 3 is 2.27 bits per heavy atom. The lowest BCUT2D eigenvalue weighted by Crippen LogP contribution is -2.43. The van der Waals surface area contributed by atoms with Crippen molar-refractivity contribution in [1.82, 2.24) is 0 Å². The quantitative estimate of drug-likeness (QED) is 0.455. The molecule has 1 atom stereocenters. The fraction of sp³-hybridized carbons (Fsp3) is 0.556. The highest BCUT2D eigenvalue weighted by Gasteiger charge is 2.32. The van der Waals surface area contributed by atoms with Gasteiger partial charge in [0.15, 0.2) is 5.41 Å². The number of ether oxygens (including phenoxy) is 2. The van der Waals surface area contributed by atoms with E-state index in [1.54, 1.807) is 0 Å². The lowest BCUT2D eigenvalue weighted by atomic mass is 10.0. The van der Waals surface area contributed by atoms with Gasteiger partial charge in [-0.3, -0.25) is 0 Å². The summed E-state index contributed by atoms with van der Waals surface area (Å²) in [6.45, 7) is 13.4. The van der Waals surface area contributed by atoms with Crippen LogP contribution in [0, 0.1) is 0 Å². The van der Waals surface area contributed by atoms with Gasteiger partial charge in [-0.2, -0.15) is 0 Å². The SMILES string of the molecule is C=Cc1ccccc1C(CC)O[SiH2]C(CC)(OCC)OCC. The number of hydrogen-bond donors (Lipinski definition) is 0. The number of benzene rings is 1. The Morgan fingerprint density at radius 1 is 1.14 bits per heavy atom. The van der Waals surface area contributed by atoms with Crippen molar-refractivity contribution in [2.24, 2.45) is 0 Å². The van der Waals surface area contributed by atoms with Crippen LogP contribution in [-0.4, -0.2) is 28.4 Å². The highest BCUT2D eigenvalue weighted by Crippen LogP contribution is 2.27. The van der Waals surface area contributed by atoms with E-state index in [-0.39, 0.29) is 6.10 Å². The van der Waals surface area contributed by atoms with Gasteiger partial charge in [0.25, 0.3) is 0 Å². The van der Waals surface area contributed by atoms with Crippen molar-refractivity contribution in [3.05, 3.63) is 42.0 Å². The van der Waals surface area contributed by atoms with E-state index < -0.39 is 15.2 Å². The van der Waals surface area contributed by atoms with Crippen molar-refractivity contribution < 1.29 is 13.9 Å². The van der Waals surface area contributed by atoms with E-state index in [9.17, 15) is 0 Å². The Labute approximate surface area is 137 Å². The highest BCUT2D eigenvalue weighted by atomic mass is 28.2. The molecule has 0 saturated carbocycles. The summed E-state index contributed by atoms with van der Waals surface area (Å²) < 4.78 is 18.1. The van der Waals surface area contributed by atoms with Crippen molar-refractivity contribution in [1.29, 1.82) is 0 Å². The minimum atomic E-state index is -1.01. The van der Waals surface area contributed by atoms with Crippen LogP contribution in [0.1, 0.15) is 57.8 Å². The van der Waals surface area contributed by atoms with Gasteiger partial charge in [-0.25, -0.2) is 0 Å². The third-order valence-electron chi connectivity index (χ3n) is 3.79. The zero-order valence-corrected chi connectivity index (χ0v) is 15.8. The predicted octanol–water partition coefficient (Wildman–Crippen LogP) is 4.02. The molecule has 0 saturated heterocycles. The van der Waals surface area contributed by atoms with Gasteiger partial charge in [-0.15, -0.1) is 0 Å². The minimum Gasteiger partial charge on any atom is -0.411 e. The van der Waals surface area contributed by atoms with Gasteiger partial charge in [0.1, 0.15) is 0 Å². The molecule has 0 spiro atoms. The summed E-state index contributed by atoms with van der Waals surface area (Å²) in [5.41, 5.74) is 1.82. The standard InChI is InChI=1S/C18H30O3Si/c1-6-15-13-11-12-14-16(15)17(7-2)21-22-18(8-3,19-9-4)20-10-5/h6,11-14,17H,1,7-10,22H2,2-5H3. The first-order valence-corrected chi connectivity index (χ1v) is 9.55. The molecule has 1 unspecified atom stereocenters. The Bertz CT molecular complexity index is 442. The van der Waals surface area contributed by atoms with Crippen molar-refractivity contribution in [2.45, 2.75) is 52.1 Å². The summed E-state index contributed by atoms with van der Waals surface area (Å²) in [6, 6.07) is 8.28. The average Bonchev–Trinajstić information content (AvgIpc) is 2.56. The fourth-order valence-electron chi connectivity index (χ4n) is 2.60. The van der Waals surface area contributed by atoms with Crippen LogP contribution in [0.3, 0.4) is 0 Å². The van der Waals surface area contributed by atoms with Crippen LogP contribution in [-0.2, 0) is 13.9 Å². The molecular weight excluding hydrogens is 292 g/mol. The van der Waals surface area contributed by atoms with Crippen molar-refractivity contribution in [2.75, 3.05) is 13.2 Å². The van der Waals surface area contributed by atoms with E-state index in [1.165, 1.54) is 5.56 Å². The van der Waals surface area contributed by atoms with Crippen LogP contribution in [0.2, 0.25) is 0 Å².